The number of quaternary nitrogens is 1. The van der Waals surface area contributed by atoms with Crippen LogP contribution in [0, 0.1) is 0 Å². The minimum Gasteiger partial charge on any atom is -0.544 e. The molecule has 4 rings (SSSR count). The third-order valence-electron chi connectivity index (χ3n) is 6.21. The molecule has 5 heteroatoms. The maximum absolute atomic E-state index is 11.9. The van der Waals surface area contributed by atoms with Crippen LogP contribution in [-0.4, -0.2) is 47.2 Å². The first kappa shape index (κ1) is 22.5. The summed E-state index contributed by atoms with van der Waals surface area (Å²) in [5.41, 5.74) is 3.32. The lowest BCUT2D eigenvalue weighted by molar-refractivity contribution is -0.889. The molecule has 33 heavy (non-hydrogen) atoms. The Bertz CT molecular complexity index is 1100. The van der Waals surface area contributed by atoms with Crippen molar-refractivity contribution in [2.45, 2.75) is 18.0 Å². The van der Waals surface area contributed by atoms with Crippen molar-refractivity contribution in [2.75, 3.05) is 21.1 Å². The lowest BCUT2D eigenvalue weighted by Crippen LogP contribution is -2.55. The summed E-state index contributed by atoms with van der Waals surface area (Å²) in [5, 5.41) is 11.9. The van der Waals surface area contributed by atoms with Gasteiger partial charge in [-0.15, -0.1) is 0 Å². The Morgan fingerprint density at radius 2 is 1.27 bits per heavy atom. The molecule has 0 aliphatic carbocycles. The number of rotatable bonds is 8. The summed E-state index contributed by atoms with van der Waals surface area (Å²) < 4.78 is 2.36. The van der Waals surface area contributed by atoms with Crippen molar-refractivity contribution in [3.05, 3.63) is 126 Å². The Morgan fingerprint density at radius 3 is 1.64 bits per heavy atom. The highest BCUT2D eigenvalue weighted by molar-refractivity contribution is 5.70. The predicted molar refractivity (Wildman–Crippen MR) is 127 cm³/mol. The number of likely N-dealkylation sites (N-methyl/N-ethyl adjacent to an activating group) is 1. The molecule has 0 amide bonds. The molecule has 0 aliphatic heterocycles. The van der Waals surface area contributed by atoms with Crippen LogP contribution in [0.5, 0.6) is 0 Å². The third-order valence-corrected chi connectivity index (χ3v) is 6.21. The number of benzene rings is 3. The van der Waals surface area contributed by atoms with E-state index in [1.807, 2.05) is 88.3 Å². The van der Waals surface area contributed by atoms with Crippen LogP contribution in [0.15, 0.2) is 104 Å². The maximum atomic E-state index is 11.9. The smallest absolute Gasteiger partial charge is 0.134 e. The quantitative estimate of drug-likeness (QED) is 0.313. The summed E-state index contributed by atoms with van der Waals surface area (Å²) in [4.78, 5) is 16.5. The van der Waals surface area contributed by atoms with Gasteiger partial charge in [0.05, 0.1) is 39.1 Å². The van der Waals surface area contributed by atoms with E-state index in [4.69, 9.17) is 0 Å². The van der Waals surface area contributed by atoms with Crippen LogP contribution in [-0.2, 0) is 16.8 Å². The van der Waals surface area contributed by atoms with Crippen LogP contribution in [0.3, 0.4) is 0 Å². The lowest BCUT2D eigenvalue weighted by atomic mass is 9.77. The SMILES string of the molecule is C[N+](C)(C)[C@@H](Cc1cn(C(c2ccccc2)(c2ccccc2)c2ccccc2)cn1)C(=O)[O-]. The zero-order valence-electron chi connectivity index (χ0n) is 19.3. The van der Waals surface area contributed by atoms with Crippen molar-refractivity contribution in [3.8, 4) is 0 Å². The summed E-state index contributed by atoms with van der Waals surface area (Å²) in [6, 6.07) is 30.3. The highest BCUT2D eigenvalue weighted by Gasteiger charge is 2.38. The van der Waals surface area contributed by atoms with E-state index in [1.165, 1.54) is 0 Å². The number of carboxylic acid groups (broad SMARTS) is 1. The third kappa shape index (κ3) is 4.32. The molecule has 1 aromatic heterocycles. The number of aliphatic carboxylic acids is 1. The molecule has 0 radical (unpaired) electrons. The van der Waals surface area contributed by atoms with E-state index in [-0.39, 0.29) is 10.9 Å². The molecule has 0 bridgehead atoms. The lowest BCUT2D eigenvalue weighted by Gasteiger charge is -2.37. The molecule has 3 aromatic carbocycles. The van der Waals surface area contributed by atoms with Crippen molar-refractivity contribution < 1.29 is 14.4 Å². The van der Waals surface area contributed by atoms with Gasteiger partial charge in [0.1, 0.15) is 11.6 Å². The van der Waals surface area contributed by atoms with Gasteiger partial charge < -0.3 is 19.0 Å². The number of hydrogen-bond acceptors (Lipinski definition) is 3. The monoisotopic (exact) mass is 439 g/mol. The second-order valence-corrected chi connectivity index (χ2v) is 9.24. The van der Waals surface area contributed by atoms with Gasteiger partial charge in [0.15, 0.2) is 0 Å². The summed E-state index contributed by atoms with van der Waals surface area (Å²) in [6.07, 6.45) is 4.07. The van der Waals surface area contributed by atoms with Gasteiger partial charge in [-0.25, -0.2) is 4.98 Å². The van der Waals surface area contributed by atoms with Crippen molar-refractivity contribution in [2.24, 2.45) is 0 Å². The zero-order chi connectivity index (χ0) is 23.5. The fourth-order valence-corrected chi connectivity index (χ4v) is 4.51. The Labute approximate surface area is 195 Å². The molecule has 1 heterocycles. The average Bonchev–Trinajstić information content (AvgIpc) is 3.28. The van der Waals surface area contributed by atoms with E-state index in [2.05, 4.69) is 45.9 Å². The molecule has 0 saturated heterocycles. The number of carbonyl (C=O) groups is 1. The molecule has 168 valence electrons. The van der Waals surface area contributed by atoms with Gasteiger partial charge >= 0.3 is 0 Å². The molecule has 0 saturated carbocycles. The largest absolute Gasteiger partial charge is 0.544 e. The highest BCUT2D eigenvalue weighted by Crippen LogP contribution is 2.40. The van der Waals surface area contributed by atoms with Gasteiger partial charge in [0, 0.05) is 12.6 Å². The second kappa shape index (κ2) is 9.04. The topological polar surface area (TPSA) is 58.0 Å². The van der Waals surface area contributed by atoms with Crippen LogP contribution < -0.4 is 5.11 Å². The molecule has 0 fully saturated rings. The van der Waals surface area contributed by atoms with Crippen molar-refractivity contribution in [1.82, 2.24) is 9.55 Å². The minimum atomic E-state index is -1.07. The summed E-state index contributed by atoms with van der Waals surface area (Å²) in [7, 11) is 5.58. The standard InChI is InChI=1S/C28H29N3O2/c1-31(2,3)26(27(32)33)19-25-20-30(21-29-25)28(22-13-7-4-8-14-22,23-15-9-5-10-16-23)24-17-11-6-12-18-24/h4-18,20-21,26H,19H2,1-3H3/t26-/m0/s1. The van der Waals surface area contributed by atoms with Gasteiger partial charge in [0.2, 0.25) is 0 Å². The normalized spacial score (nSPS) is 12.9. The Balaban J connectivity index is 1.93. The van der Waals surface area contributed by atoms with Crippen molar-refractivity contribution >= 4 is 5.97 Å². The average molecular weight is 440 g/mol. The number of hydrogen-bond donors (Lipinski definition) is 0. The molecular formula is C28H29N3O2. The molecule has 0 spiro atoms. The van der Waals surface area contributed by atoms with E-state index in [0.717, 1.165) is 16.7 Å². The Morgan fingerprint density at radius 1 is 0.848 bits per heavy atom. The van der Waals surface area contributed by atoms with Gasteiger partial charge in [-0.05, 0) is 16.7 Å². The number of carbonyl (C=O) groups excluding carboxylic acids is 1. The predicted octanol–water partition coefficient (Wildman–Crippen LogP) is 3.09. The number of aromatic nitrogens is 2. The van der Waals surface area contributed by atoms with Crippen LogP contribution in [0.25, 0.3) is 0 Å². The van der Waals surface area contributed by atoms with Crippen LogP contribution in [0.4, 0.5) is 0 Å². The highest BCUT2D eigenvalue weighted by atomic mass is 16.4. The fraction of sp³-hybridized carbons (Fsp3) is 0.214. The fourth-order valence-electron chi connectivity index (χ4n) is 4.51. The molecule has 0 unspecified atom stereocenters. The zero-order valence-corrected chi connectivity index (χ0v) is 19.3. The number of carboxylic acids is 1. The summed E-state index contributed by atoms with van der Waals surface area (Å²) in [5.74, 6) is -1.07. The molecule has 5 nitrogen and oxygen atoms in total. The van der Waals surface area contributed by atoms with Crippen molar-refractivity contribution in [3.63, 3.8) is 0 Å². The van der Waals surface area contributed by atoms with Crippen LogP contribution >= 0.6 is 0 Å². The molecule has 0 aliphatic rings. The van der Waals surface area contributed by atoms with E-state index < -0.39 is 17.6 Å². The Kier molecular flexibility index (Phi) is 6.16. The molecule has 4 aromatic rings. The number of nitrogens with zero attached hydrogens (tertiary/aromatic N) is 3. The van der Waals surface area contributed by atoms with Gasteiger partial charge in [-0.3, -0.25) is 0 Å². The van der Waals surface area contributed by atoms with E-state index in [9.17, 15) is 9.90 Å². The number of imidazole rings is 1. The first-order valence-corrected chi connectivity index (χ1v) is 11.1. The first-order chi connectivity index (χ1) is 15.8. The molecular weight excluding hydrogens is 410 g/mol. The Hall–Kier alpha value is -3.70. The van der Waals surface area contributed by atoms with E-state index in [0.29, 0.717) is 5.69 Å². The van der Waals surface area contributed by atoms with Crippen molar-refractivity contribution in [1.29, 1.82) is 0 Å². The van der Waals surface area contributed by atoms with Gasteiger partial charge in [-0.1, -0.05) is 91.0 Å². The summed E-state index contributed by atoms with van der Waals surface area (Å²) >= 11 is 0. The van der Waals surface area contributed by atoms with E-state index >= 15 is 0 Å². The van der Waals surface area contributed by atoms with Crippen LogP contribution in [0.2, 0.25) is 0 Å². The van der Waals surface area contributed by atoms with Crippen LogP contribution in [0.1, 0.15) is 22.4 Å². The molecule has 1 atom stereocenters. The maximum Gasteiger partial charge on any atom is 0.134 e. The second-order valence-electron chi connectivity index (χ2n) is 9.24. The van der Waals surface area contributed by atoms with Gasteiger partial charge in [-0.2, -0.15) is 0 Å². The van der Waals surface area contributed by atoms with E-state index in [1.54, 1.807) is 0 Å². The van der Waals surface area contributed by atoms with Gasteiger partial charge in [0.25, 0.3) is 0 Å². The molecule has 0 N–H and O–H groups in total. The minimum absolute atomic E-state index is 0.260. The first-order valence-electron chi connectivity index (χ1n) is 11.1. The summed E-state index contributed by atoms with van der Waals surface area (Å²) in [6.45, 7) is 0.